The zero-order chi connectivity index (χ0) is 39.2. The summed E-state index contributed by atoms with van der Waals surface area (Å²) in [5.74, 6) is 0.851. The summed E-state index contributed by atoms with van der Waals surface area (Å²) in [7, 11) is 0. The van der Waals surface area contributed by atoms with Crippen LogP contribution in [-0.2, 0) is 31.9 Å². The number of nitrogens with zero attached hydrogens (tertiary/aromatic N) is 3. The van der Waals surface area contributed by atoms with Crippen LogP contribution in [0.4, 0.5) is 0 Å². The van der Waals surface area contributed by atoms with Crippen LogP contribution in [0.15, 0.2) is 146 Å². The van der Waals surface area contributed by atoms with Crippen LogP contribution in [0.2, 0.25) is 0 Å². The van der Waals surface area contributed by atoms with Gasteiger partial charge in [-0.3, -0.25) is 9.55 Å². The Hall–Kier alpha value is -5.57. The first kappa shape index (κ1) is 39.7. The first-order valence-corrected chi connectivity index (χ1v) is 19.5. The number of imidazole rings is 1. The number of benzene rings is 6. The average Bonchev–Trinajstić information content (AvgIpc) is 3.60. The zero-order valence-electron chi connectivity index (χ0n) is 33.7. The van der Waals surface area contributed by atoms with Gasteiger partial charge >= 0.3 is 0 Å². The maximum absolute atomic E-state index is 11.4. The number of para-hydroxylation sites is 2. The molecule has 0 aliphatic rings. The third-order valence-corrected chi connectivity index (χ3v) is 11.3. The molecule has 0 atom stereocenters. The monoisotopic (exact) mass is 925 g/mol. The summed E-state index contributed by atoms with van der Waals surface area (Å²) in [5, 5.41) is 11.4. The number of rotatable bonds is 8. The summed E-state index contributed by atoms with van der Waals surface area (Å²) >= 11 is 0. The van der Waals surface area contributed by atoms with E-state index in [9.17, 15) is 5.11 Å². The van der Waals surface area contributed by atoms with Gasteiger partial charge in [0.25, 0.3) is 0 Å². The molecule has 8 rings (SSSR count). The van der Waals surface area contributed by atoms with E-state index in [1.54, 1.807) is 6.07 Å². The Morgan fingerprint density at radius 3 is 2.05 bits per heavy atom. The maximum atomic E-state index is 11.4. The van der Waals surface area contributed by atoms with E-state index >= 15 is 0 Å². The molecular formula is C52H48N3OPt-. The average molecular weight is 926 g/mol. The predicted molar refractivity (Wildman–Crippen MR) is 233 cm³/mol. The van der Waals surface area contributed by atoms with Crippen molar-refractivity contribution in [1.29, 1.82) is 0 Å². The van der Waals surface area contributed by atoms with Crippen molar-refractivity contribution in [3.8, 4) is 67.5 Å². The second-order valence-electron chi connectivity index (χ2n) is 16.5. The Morgan fingerprint density at radius 1 is 0.632 bits per heavy atom. The molecule has 288 valence electrons. The van der Waals surface area contributed by atoms with Gasteiger partial charge in [-0.25, -0.2) is 4.98 Å². The van der Waals surface area contributed by atoms with E-state index in [1.165, 1.54) is 16.7 Å². The molecule has 0 radical (unpaired) electrons. The van der Waals surface area contributed by atoms with Crippen molar-refractivity contribution in [3.05, 3.63) is 168 Å². The minimum absolute atomic E-state index is 0. The molecule has 8 aromatic rings. The van der Waals surface area contributed by atoms with Crippen molar-refractivity contribution >= 4 is 11.0 Å². The Bertz CT molecular complexity index is 2700. The molecular weight excluding hydrogens is 878 g/mol. The van der Waals surface area contributed by atoms with Gasteiger partial charge in [0.15, 0.2) is 0 Å². The Morgan fingerprint density at radius 2 is 1.33 bits per heavy atom. The second kappa shape index (κ2) is 15.8. The fraction of sp³-hybridized carbons (Fsp3) is 0.192. The minimum Gasteiger partial charge on any atom is -0.507 e. The van der Waals surface area contributed by atoms with E-state index in [0.29, 0.717) is 11.4 Å². The smallest absolute Gasteiger partial charge is 0.148 e. The number of pyridine rings is 1. The number of aryl methyl sites for hydroxylation is 1. The van der Waals surface area contributed by atoms with E-state index < -0.39 is 0 Å². The molecule has 0 unspecified atom stereocenters. The van der Waals surface area contributed by atoms with Gasteiger partial charge in [0.1, 0.15) is 11.6 Å². The third kappa shape index (κ3) is 7.76. The van der Waals surface area contributed by atoms with Crippen LogP contribution in [0, 0.1) is 13.0 Å². The van der Waals surface area contributed by atoms with Gasteiger partial charge < -0.3 is 5.11 Å². The molecule has 0 spiro atoms. The number of hydrogen-bond acceptors (Lipinski definition) is 3. The zero-order valence-corrected chi connectivity index (χ0v) is 35.9. The van der Waals surface area contributed by atoms with Crippen LogP contribution < -0.4 is 0 Å². The number of aromatic hydroxyl groups is 1. The summed E-state index contributed by atoms with van der Waals surface area (Å²) in [6.07, 6.45) is 2.90. The Balaban J connectivity index is 0.00000496. The summed E-state index contributed by atoms with van der Waals surface area (Å²) in [6.45, 7) is 15.7. The maximum Gasteiger partial charge on any atom is 0.148 e. The topological polar surface area (TPSA) is 50.9 Å². The molecule has 5 heteroatoms. The molecule has 57 heavy (non-hydrogen) atoms. The predicted octanol–water partition coefficient (Wildman–Crippen LogP) is 13.6. The fourth-order valence-electron chi connectivity index (χ4n) is 7.40. The van der Waals surface area contributed by atoms with Crippen molar-refractivity contribution in [2.45, 2.75) is 65.7 Å². The molecule has 1 N–H and O–H groups in total. The van der Waals surface area contributed by atoms with Crippen LogP contribution in [-0.4, -0.2) is 19.6 Å². The van der Waals surface area contributed by atoms with Gasteiger partial charge in [-0.1, -0.05) is 149 Å². The molecule has 0 aliphatic carbocycles. The molecule has 0 saturated heterocycles. The van der Waals surface area contributed by atoms with Crippen LogP contribution in [0.3, 0.4) is 0 Å². The second-order valence-corrected chi connectivity index (χ2v) is 16.5. The standard InChI is InChI=1S/C52H48N3O.Pt/c1-8-52(6,7)40-25-26-46(44(33-40)36-15-10-9-11-16-36)55-47-19-14-18-42(49(47)54-50(55)43-17-12-13-20-48(43)56)38-29-39(31-41(30-38)51(3,4)5)45-32-37(27-28-53-45)35-23-21-34(2)22-24-35;/h9-28,30-33,56H,8H2,1-7H3;/q-1;. The molecule has 0 saturated carbocycles. The summed E-state index contributed by atoms with van der Waals surface area (Å²) in [4.78, 5) is 10.3. The van der Waals surface area contributed by atoms with Crippen LogP contribution in [0.5, 0.6) is 5.75 Å². The number of phenols is 1. The molecule has 4 nitrogen and oxygen atoms in total. The van der Waals surface area contributed by atoms with E-state index in [2.05, 4.69) is 174 Å². The van der Waals surface area contributed by atoms with Crippen LogP contribution >= 0.6 is 0 Å². The molecule has 0 amide bonds. The van der Waals surface area contributed by atoms with Gasteiger partial charge in [-0.2, -0.15) is 0 Å². The van der Waals surface area contributed by atoms with E-state index in [4.69, 9.17) is 9.97 Å². The SMILES string of the molecule is CCC(C)(C)c1ccc(-n2c(-c3ccccc3O)nc3c(-c4[c-]c(-c5cc(-c6ccc(C)cc6)ccn5)cc(C(C)(C)C)c4)cccc32)c(-c2ccccc2)c1.[Pt]. The van der Waals surface area contributed by atoms with Crippen LogP contribution in [0.1, 0.15) is 64.7 Å². The number of fused-ring (bicyclic) bond motifs is 1. The van der Waals surface area contributed by atoms with Gasteiger partial charge in [-0.15, -0.1) is 29.3 Å². The molecule has 0 fully saturated rings. The summed E-state index contributed by atoms with van der Waals surface area (Å²) in [5.41, 5.74) is 15.2. The van der Waals surface area contributed by atoms with Gasteiger partial charge in [0.05, 0.1) is 22.3 Å². The Kier molecular flexibility index (Phi) is 11.0. The number of aromatic nitrogens is 3. The molecule has 0 aliphatic heterocycles. The largest absolute Gasteiger partial charge is 0.507 e. The minimum atomic E-state index is -0.139. The van der Waals surface area contributed by atoms with E-state index in [-0.39, 0.29) is 37.6 Å². The molecule has 2 heterocycles. The van der Waals surface area contributed by atoms with Crippen molar-refractivity contribution < 1.29 is 26.2 Å². The van der Waals surface area contributed by atoms with E-state index in [1.807, 2.05) is 24.4 Å². The van der Waals surface area contributed by atoms with Crippen molar-refractivity contribution in [2.24, 2.45) is 0 Å². The van der Waals surface area contributed by atoms with Crippen molar-refractivity contribution in [2.75, 3.05) is 0 Å². The number of phenolic OH excluding ortho intramolecular Hbond substituents is 1. The summed E-state index contributed by atoms with van der Waals surface area (Å²) < 4.78 is 2.22. The first-order chi connectivity index (χ1) is 26.9. The summed E-state index contributed by atoms with van der Waals surface area (Å²) in [6, 6.07) is 52.4. The van der Waals surface area contributed by atoms with Crippen molar-refractivity contribution in [3.63, 3.8) is 0 Å². The fourth-order valence-corrected chi connectivity index (χ4v) is 7.40. The van der Waals surface area contributed by atoms with Crippen molar-refractivity contribution in [1.82, 2.24) is 14.5 Å². The van der Waals surface area contributed by atoms with Gasteiger partial charge in [0.2, 0.25) is 0 Å². The van der Waals surface area contributed by atoms with Gasteiger partial charge in [0, 0.05) is 38.5 Å². The number of hydrogen-bond donors (Lipinski definition) is 1. The Labute approximate surface area is 351 Å². The molecule has 2 aromatic heterocycles. The van der Waals surface area contributed by atoms with Gasteiger partial charge in [-0.05, 0) is 82.8 Å². The third-order valence-electron chi connectivity index (χ3n) is 11.3. The molecule has 6 aromatic carbocycles. The molecule has 0 bridgehead atoms. The first-order valence-electron chi connectivity index (χ1n) is 19.5. The normalized spacial score (nSPS) is 11.8. The van der Waals surface area contributed by atoms with Crippen LogP contribution in [0.25, 0.3) is 72.7 Å². The quantitative estimate of drug-likeness (QED) is 0.155. The van der Waals surface area contributed by atoms with E-state index in [0.717, 1.165) is 67.8 Å².